The van der Waals surface area contributed by atoms with Crippen molar-refractivity contribution in [2.75, 3.05) is 26.8 Å². The molecule has 3 heteroatoms. The molecule has 0 aromatic carbocycles. The quantitative estimate of drug-likeness (QED) is 0.755. The van der Waals surface area contributed by atoms with Crippen LogP contribution < -0.4 is 0 Å². The molecule has 1 saturated heterocycles. The maximum atomic E-state index is 11.9. The third-order valence-electron chi connectivity index (χ3n) is 4.35. The maximum absolute atomic E-state index is 11.9. The molecule has 2 rings (SSSR count). The summed E-state index contributed by atoms with van der Waals surface area (Å²) < 4.78 is 5.38. The van der Waals surface area contributed by atoms with Gasteiger partial charge in [-0.05, 0) is 38.6 Å². The molecule has 2 atom stereocenters. The smallest absolute Gasteiger partial charge is 0.137 e. The van der Waals surface area contributed by atoms with Crippen LogP contribution in [-0.2, 0) is 9.53 Å². The molecule has 1 saturated carbocycles. The first-order valence-corrected chi connectivity index (χ1v) is 6.97. The van der Waals surface area contributed by atoms with E-state index in [1.54, 1.807) is 0 Å². The van der Waals surface area contributed by atoms with Gasteiger partial charge in [0.1, 0.15) is 5.78 Å². The second-order valence-corrected chi connectivity index (χ2v) is 5.83. The number of carbonyl (C=O) groups is 1. The molecule has 0 amide bonds. The molecule has 0 aromatic heterocycles. The summed E-state index contributed by atoms with van der Waals surface area (Å²) in [7, 11) is 2.17. The third-order valence-corrected chi connectivity index (χ3v) is 4.35. The molecule has 0 aromatic rings. The topological polar surface area (TPSA) is 29.5 Å². The molecule has 0 spiro atoms. The van der Waals surface area contributed by atoms with Crippen LogP contribution in [0.5, 0.6) is 0 Å². The van der Waals surface area contributed by atoms with Crippen LogP contribution in [0, 0.1) is 11.8 Å². The average Bonchev–Trinajstić information content (AvgIpc) is 2.35. The normalized spacial score (nSPS) is 32.1. The standard InChI is InChI=1S/C14H25NO2/c1-11-3-4-14(16)12(9-11)10-15(2)13-5-7-17-8-6-13/h11-13H,3-10H2,1-2H3. The SMILES string of the molecule is CC1CCC(=O)C(CN(C)C2CCOCC2)C1. The fraction of sp³-hybridized carbons (Fsp3) is 0.929. The summed E-state index contributed by atoms with van der Waals surface area (Å²) >= 11 is 0. The number of rotatable bonds is 3. The molecule has 1 aliphatic heterocycles. The van der Waals surface area contributed by atoms with Crippen LogP contribution in [0.25, 0.3) is 0 Å². The lowest BCUT2D eigenvalue weighted by Crippen LogP contribution is -2.42. The second-order valence-electron chi connectivity index (χ2n) is 5.83. The Bertz CT molecular complexity index is 261. The molecule has 0 N–H and O–H groups in total. The predicted octanol–water partition coefficient (Wildman–Crippen LogP) is 2.10. The van der Waals surface area contributed by atoms with Crippen LogP contribution in [0.2, 0.25) is 0 Å². The van der Waals surface area contributed by atoms with E-state index in [0.29, 0.717) is 11.8 Å². The van der Waals surface area contributed by atoms with Crippen molar-refractivity contribution in [3.63, 3.8) is 0 Å². The summed E-state index contributed by atoms with van der Waals surface area (Å²) in [5.74, 6) is 1.49. The van der Waals surface area contributed by atoms with Gasteiger partial charge in [0.25, 0.3) is 0 Å². The van der Waals surface area contributed by atoms with E-state index < -0.39 is 0 Å². The summed E-state index contributed by atoms with van der Waals surface area (Å²) in [6, 6.07) is 0.619. The summed E-state index contributed by atoms with van der Waals surface area (Å²) in [6.45, 7) is 4.98. The minimum absolute atomic E-state index is 0.284. The Kier molecular flexibility index (Phi) is 4.57. The van der Waals surface area contributed by atoms with E-state index in [-0.39, 0.29) is 5.92 Å². The molecule has 0 radical (unpaired) electrons. The van der Waals surface area contributed by atoms with Gasteiger partial charge in [0.15, 0.2) is 0 Å². The van der Waals surface area contributed by atoms with E-state index in [0.717, 1.165) is 57.8 Å². The molecular weight excluding hydrogens is 214 g/mol. The van der Waals surface area contributed by atoms with Crippen molar-refractivity contribution in [2.45, 2.75) is 45.1 Å². The zero-order chi connectivity index (χ0) is 12.3. The van der Waals surface area contributed by atoms with E-state index in [1.165, 1.54) is 0 Å². The number of hydrogen-bond acceptors (Lipinski definition) is 3. The molecule has 1 heterocycles. The highest BCUT2D eigenvalue weighted by Gasteiger charge is 2.29. The summed E-state index contributed by atoms with van der Waals surface area (Å²) in [4.78, 5) is 14.3. The molecule has 2 aliphatic rings. The average molecular weight is 239 g/mol. The molecule has 98 valence electrons. The number of carbonyl (C=O) groups excluding carboxylic acids is 1. The second kappa shape index (κ2) is 5.96. The summed E-state index contributed by atoms with van der Waals surface area (Å²) in [6.07, 6.45) is 5.22. The highest BCUT2D eigenvalue weighted by Crippen LogP contribution is 2.27. The van der Waals surface area contributed by atoms with Gasteiger partial charge in [0.05, 0.1) is 0 Å². The van der Waals surface area contributed by atoms with Gasteiger partial charge in [-0.15, -0.1) is 0 Å². The van der Waals surface area contributed by atoms with Crippen LogP contribution in [0.4, 0.5) is 0 Å². The fourth-order valence-corrected chi connectivity index (χ4v) is 3.13. The molecule has 1 aliphatic carbocycles. The van der Waals surface area contributed by atoms with Crippen molar-refractivity contribution < 1.29 is 9.53 Å². The molecule has 17 heavy (non-hydrogen) atoms. The van der Waals surface area contributed by atoms with Gasteiger partial charge < -0.3 is 9.64 Å². The lowest BCUT2D eigenvalue weighted by atomic mass is 9.81. The van der Waals surface area contributed by atoms with Crippen molar-refractivity contribution in [2.24, 2.45) is 11.8 Å². The molecule has 2 unspecified atom stereocenters. The van der Waals surface area contributed by atoms with E-state index in [9.17, 15) is 4.79 Å². The van der Waals surface area contributed by atoms with Crippen LogP contribution in [0.1, 0.15) is 39.0 Å². The molecule has 2 fully saturated rings. The van der Waals surface area contributed by atoms with Crippen LogP contribution in [-0.4, -0.2) is 43.5 Å². The highest BCUT2D eigenvalue weighted by molar-refractivity contribution is 5.81. The van der Waals surface area contributed by atoms with Gasteiger partial charge in [0.2, 0.25) is 0 Å². The van der Waals surface area contributed by atoms with Crippen molar-refractivity contribution >= 4 is 5.78 Å². The van der Waals surface area contributed by atoms with Crippen molar-refractivity contribution in [3.8, 4) is 0 Å². The lowest BCUT2D eigenvalue weighted by molar-refractivity contribution is -0.126. The minimum atomic E-state index is 0.284. The zero-order valence-corrected chi connectivity index (χ0v) is 11.2. The van der Waals surface area contributed by atoms with Gasteiger partial charge in [0, 0.05) is 38.1 Å². The first-order valence-electron chi connectivity index (χ1n) is 6.97. The van der Waals surface area contributed by atoms with E-state index >= 15 is 0 Å². The first kappa shape index (κ1) is 13.0. The van der Waals surface area contributed by atoms with Crippen LogP contribution in [0.15, 0.2) is 0 Å². The van der Waals surface area contributed by atoms with Crippen LogP contribution in [0.3, 0.4) is 0 Å². The summed E-state index contributed by atoms with van der Waals surface area (Å²) in [5.41, 5.74) is 0. The van der Waals surface area contributed by atoms with Crippen molar-refractivity contribution in [1.82, 2.24) is 4.90 Å². The van der Waals surface area contributed by atoms with Crippen molar-refractivity contribution in [3.05, 3.63) is 0 Å². The van der Waals surface area contributed by atoms with E-state index in [4.69, 9.17) is 4.74 Å². The largest absolute Gasteiger partial charge is 0.381 e. The maximum Gasteiger partial charge on any atom is 0.137 e. The monoisotopic (exact) mass is 239 g/mol. The van der Waals surface area contributed by atoms with Gasteiger partial charge in [-0.1, -0.05) is 6.92 Å². The molecule has 0 bridgehead atoms. The molecule has 3 nitrogen and oxygen atoms in total. The Labute approximate surface area is 105 Å². The summed E-state index contributed by atoms with van der Waals surface area (Å²) in [5, 5.41) is 0. The zero-order valence-electron chi connectivity index (χ0n) is 11.2. The Hall–Kier alpha value is -0.410. The van der Waals surface area contributed by atoms with Gasteiger partial charge >= 0.3 is 0 Å². The predicted molar refractivity (Wildman–Crippen MR) is 68.0 cm³/mol. The van der Waals surface area contributed by atoms with Gasteiger partial charge in [-0.25, -0.2) is 0 Å². The number of ether oxygens (including phenoxy) is 1. The number of Topliss-reactive ketones (excluding diaryl/α,β-unsaturated/α-hetero) is 1. The highest BCUT2D eigenvalue weighted by atomic mass is 16.5. The Morgan fingerprint density at radius 2 is 2.00 bits per heavy atom. The first-order chi connectivity index (χ1) is 8.16. The Morgan fingerprint density at radius 1 is 1.29 bits per heavy atom. The van der Waals surface area contributed by atoms with E-state index in [1.807, 2.05) is 0 Å². The number of ketones is 1. The Morgan fingerprint density at radius 3 is 2.71 bits per heavy atom. The Balaban J connectivity index is 1.83. The molecular formula is C14H25NO2. The number of hydrogen-bond donors (Lipinski definition) is 0. The lowest BCUT2D eigenvalue weighted by Gasteiger charge is -2.35. The van der Waals surface area contributed by atoms with Gasteiger partial charge in [-0.2, -0.15) is 0 Å². The van der Waals surface area contributed by atoms with Gasteiger partial charge in [-0.3, -0.25) is 4.79 Å². The van der Waals surface area contributed by atoms with E-state index in [2.05, 4.69) is 18.9 Å². The van der Waals surface area contributed by atoms with Crippen LogP contribution >= 0.6 is 0 Å². The minimum Gasteiger partial charge on any atom is -0.381 e. The fourth-order valence-electron chi connectivity index (χ4n) is 3.13. The van der Waals surface area contributed by atoms with Crippen molar-refractivity contribution in [1.29, 1.82) is 0 Å². The number of nitrogens with zero attached hydrogens (tertiary/aromatic N) is 1. The third kappa shape index (κ3) is 3.52.